The monoisotopic (exact) mass is 281 g/mol. The molecule has 108 valence electrons. The number of anilines is 1. The van der Waals surface area contributed by atoms with Crippen molar-refractivity contribution < 1.29 is 9.53 Å². The molecular weight excluding hydrogens is 262 g/mol. The van der Waals surface area contributed by atoms with E-state index in [4.69, 9.17) is 4.74 Å². The number of para-hydroxylation sites is 1. The molecule has 1 aliphatic rings. The van der Waals surface area contributed by atoms with Crippen LogP contribution < -0.4 is 9.64 Å². The van der Waals surface area contributed by atoms with E-state index in [9.17, 15) is 4.79 Å². The molecule has 3 nitrogen and oxygen atoms in total. The summed E-state index contributed by atoms with van der Waals surface area (Å²) in [5.74, 6) is 0.989. The van der Waals surface area contributed by atoms with E-state index in [0.717, 1.165) is 17.0 Å². The van der Waals surface area contributed by atoms with Gasteiger partial charge in [0, 0.05) is 5.69 Å². The number of methoxy groups -OCH3 is 1. The normalized spacial score (nSPS) is 20.0. The molecule has 1 fully saturated rings. The number of β-lactam (4-membered cyclic amide) rings is 1. The molecule has 3 heteroatoms. The molecule has 1 amide bonds. The third-order valence-corrected chi connectivity index (χ3v) is 4.18. The largest absolute Gasteiger partial charge is 0.497 e. The standard InChI is InChI=1S/C18H19NO2/c1-18(2)16(13-9-11-15(21-3)12-10-13)19(17(18)20)14-7-5-4-6-8-14/h4-12,16H,1-3H3. The Labute approximate surface area is 125 Å². The zero-order chi connectivity index (χ0) is 15.0. The number of nitrogens with zero attached hydrogens (tertiary/aromatic N) is 1. The van der Waals surface area contributed by atoms with E-state index < -0.39 is 0 Å². The van der Waals surface area contributed by atoms with Crippen molar-refractivity contribution in [2.45, 2.75) is 19.9 Å². The second kappa shape index (κ2) is 4.92. The Kier molecular flexibility index (Phi) is 3.20. The fourth-order valence-electron chi connectivity index (χ4n) is 3.01. The van der Waals surface area contributed by atoms with Crippen molar-refractivity contribution in [3.63, 3.8) is 0 Å². The number of ether oxygens (including phenoxy) is 1. The van der Waals surface area contributed by atoms with Crippen molar-refractivity contribution in [1.82, 2.24) is 0 Å². The lowest BCUT2D eigenvalue weighted by molar-refractivity contribution is -0.137. The summed E-state index contributed by atoms with van der Waals surface area (Å²) in [6, 6.07) is 17.8. The number of rotatable bonds is 3. The van der Waals surface area contributed by atoms with Gasteiger partial charge in [-0.2, -0.15) is 0 Å². The van der Waals surface area contributed by atoms with Crippen molar-refractivity contribution in [2.24, 2.45) is 5.41 Å². The molecule has 1 heterocycles. The summed E-state index contributed by atoms with van der Waals surface area (Å²) < 4.78 is 5.20. The number of benzene rings is 2. The molecule has 1 aliphatic heterocycles. The molecule has 0 aromatic heterocycles. The molecular formula is C18H19NO2. The minimum Gasteiger partial charge on any atom is -0.497 e. The second-order valence-electron chi connectivity index (χ2n) is 5.91. The summed E-state index contributed by atoms with van der Waals surface area (Å²) in [6.45, 7) is 4.01. The van der Waals surface area contributed by atoms with Gasteiger partial charge in [-0.05, 0) is 43.7 Å². The molecule has 0 bridgehead atoms. The van der Waals surface area contributed by atoms with Crippen LogP contribution >= 0.6 is 0 Å². The Hall–Kier alpha value is -2.29. The number of carbonyl (C=O) groups excluding carboxylic acids is 1. The third kappa shape index (κ3) is 2.09. The molecule has 0 spiro atoms. The summed E-state index contributed by atoms with van der Waals surface area (Å²) in [4.78, 5) is 14.4. The number of carbonyl (C=O) groups is 1. The molecule has 21 heavy (non-hydrogen) atoms. The third-order valence-electron chi connectivity index (χ3n) is 4.18. The molecule has 1 unspecified atom stereocenters. The minimum absolute atomic E-state index is 0.0540. The molecule has 1 saturated heterocycles. The maximum Gasteiger partial charge on any atom is 0.235 e. The first-order chi connectivity index (χ1) is 10.1. The van der Waals surface area contributed by atoms with E-state index in [1.807, 2.05) is 73.3 Å². The predicted molar refractivity (Wildman–Crippen MR) is 83.4 cm³/mol. The van der Waals surface area contributed by atoms with Crippen LogP contribution in [0.2, 0.25) is 0 Å². The van der Waals surface area contributed by atoms with Gasteiger partial charge in [0.15, 0.2) is 0 Å². The van der Waals surface area contributed by atoms with E-state index in [2.05, 4.69) is 0 Å². The van der Waals surface area contributed by atoms with E-state index in [-0.39, 0.29) is 17.4 Å². The van der Waals surface area contributed by atoms with Gasteiger partial charge in [0.2, 0.25) is 5.91 Å². The lowest BCUT2D eigenvalue weighted by Crippen LogP contribution is -2.61. The van der Waals surface area contributed by atoms with Crippen molar-refractivity contribution in [3.05, 3.63) is 60.2 Å². The second-order valence-corrected chi connectivity index (χ2v) is 5.91. The van der Waals surface area contributed by atoms with Crippen LogP contribution in [0.4, 0.5) is 5.69 Å². The topological polar surface area (TPSA) is 29.5 Å². The first-order valence-electron chi connectivity index (χ1n) is 7.08. The van der Waals surface area contributed by atoms with Crippen molar-refractivity contribution >= 4 is 11.6 Å². The Morgan fingerprint density at radius 3 is 2.19 bits per heavy atom. The van der Waals surface area contributed by atoms with Crippen LogP contribution in [-0.4, -0.2) is 13.0 Å². The summed E-state index contributed by atoms with van der Waals surface area (Å²) >= 11 is 0. The molecule has 0 saturated carbocycles. The summed E-state index contributed by atoms with van der Waals surface area (Å²) in [5, 5.41) is 0. The Morgan fingerprint density at radius 1 is 1.00 bits per heavy atom. The maximum absolute atomic E-state index is 12.5. The highest BCUT2D eigenvalue weighted by molar-refractivity contribution is 6.05. The van der Waals surface area contributed by atoms with Gasteiger partial charge in [-0.15, -0.1) is 0 Å². The van der Waals surface area contributed by atoms with Crippen LogP contribution in [0.5, 0.6) is 5.75 Å². The van der Waals surface area contributed by atoms with Crippen LogP contribution in [0.15, 0.2) is 54.6 Å². The zero-order valence-corrected chi connectivity index (χ0v) is 12.5. The Balaban J connectivity index is 1.99. The van der Waals surface area contributed by atoms with Gasteiger partial charge >= 0.3 is 0 Å². The Bertz CT molecular complexity index is 647. The van der Waals surface area contributed by atoms with Crippen LogP contribution in [0.1, 0.15) is 25.5 Å². The highest BCUT2D eigenvalue weighted by Crippen LogP contribution is 2.51. The molecule has 3 rings (SSSR count). The number of hydrogen-bond donors (Lipinski definition) is 0. The SMILES string of the molecule is COc1ccc(C2N(c3ccccc3)C(=O)C2(C)C)cc1. The molecule has 1 atom stereocenters. The lowest BCUT2D eigenvalue weighted by Gasteiger charge is -2.53. The van der Waals surface area contributed by atoms with Crippen molar-refractivity contribution in [1.29, 1.82) is 0 Å². The average molecular weight is 281 g/mol. The van der Waals surface area contributed by atoms with Crippen LogP contribution in [0.3, 0.4) is 0 Å². The average Bonchev–Trinajstić information content (AvgIpc) is 2.53. The fraction of sp³-hybridized carbons (Fsp3) is 0.278. The van der Waals surface area contributed by atoms with Crippen LogP contribution in [0.25, 0.3) is 0 Å². The van der Waals surface area contributed by atoms with E-state index in [1.165, 1.54) is 0 Å². The molecule has 0 radical (unpaired) electrons. The van der Waals surface area contributed by atoms with Gasteiger partial charge in [0.25, 0.3) is 0 Å². The Morgan fingerprint density at radius 2 is 1.62 bits per heavy atom. The molecule has 2 aromatic carbocycles. The molecule has 0 aliphatic carbocycles. The first-order valence-corrected chi connectivity index (χ1v) is 7.08. The van der Waals surface area contributed by atoms with Crippen LogP contribution in [-0.2, 0) is 4.79 Å². The number of hydrogen-bond acceptors (Lipinski definition) is 2. The lowest BCUT2D eigenvalue weighted by atomic mass is 9.70. The van der Waals surface area contributed by atoms with E-state index in [0.29, 0.717) is 0 Å². The van der Waals surface area contributed by atoms with E-state index in [1.54, 1.807) is 7.11 Å². The molecule has 2 aromatic rings. The fourth-order valence-corrected chi connectivity index (χ4v) is 3.01. The molecule has 0 N–H and O–H groups in total. The highest BCUT2D eigenvalue weighted by Gasteiger charge is 2.55. The summed E-state index contributed by atoms with van der Waals surface area (Å²) in [7, 11) is 1.65. The van der Waals surface area contributed by atoms with Crippen molar-refractivity contribution in [3.8, 4) is 5.75 Å². The zero-order valence-electron chi connectivity index (χ0n) is 12.5. The van der Waals surface area contributed by atoms with Crippen molar-refractivity contribution in [2.75, 3.05) is 12.0 Å². The number of amides is 1. The van der Waals surface area contributed by atoms with Gasteiger partial charge in [0.1, 0.15) is 5.75 Å². The predicted octanol–water partition coefficient (Wildman–Crippen LogP) is 3.81. The van der Waals surface area contributed by atoms with Gasteiger partial charge in [-0.1, -0.05) is 30.3 Å². The van der Waals surface area contributed by atoms with Gasteiger partial charge in [-0.25, -0.2) is 0 Å². The van der Waals surface area contributed by atoms with E-state index >= 15 is 0 Å². The van der Waals surface area contributed by atoms with Gasteiger partial charge in [-0.3, -0.25) is 4.79 Å². The maximum atomic E-state index is 12.5. The first kappa shape index (κ1) is 13.7. The smallest absolute Gasteiger partial charge is 0.235 e. The highest BCUT2D eigenvalue weighted by atomic mass is 16.5. The quantitative estimate of drug-likeness (QED) is 0.801. The summed E-state index contributed by atoms with van der Waals surface area (Å²) in [5.41, 5.74) is 1.69. The van der Waals surface area contributed by atoms with Gasteiger partial charge < -0.3 is 9.64 Å². The minimum atomic E-state index is -0.384. The van der Waals surface area contributed by atoms with Gasteiger partial charge in [0.05, 0.1) is 18.6 Å². The summed E-state index contributed by atoms with van der Waals surface area (Å²) in [6.07, 6.45) is 0. The van der Waals surface area contributed by atoms with Crippen LogP contribution in [0, 0.1) is 5.41 Å².